The van der Waals surface area contributed by atoms with Crippen molar-refractivity contribution >= 4 is 17.4 Å². The van der Waals surface area contributed by atoms with Gasteiger partial charge >= 0.3 is 0 Å². The Morgan fingerprint density at radius 2 is 2.00 bits per heavy atom. The number of hydrogen-bond acceptors (Lipinski definition) is 4. The normalized spacial score (nSPS) is 9.87. The fourth-order valence-electron chi connectivity index (χ4n) is 1.21. The molecule has 0 aliphatic rings. The van der Waals surface area contributed by atoms with Gasteiger partial charge < -0.3 is 10.3 Å². The number of hydrogen-bond donors (Lipinski definition) is 1. The summed E-state index contributed by atoms with van der Waals surface area (Å²) >= 11 is 5.74. The quantitative estimate of drug-likeness (QED) is 0.799. The van der Waals surface area contributed by atoms with Gasteiger partial charge in [0.15, 0.2) is 11.6 Å². The van der Waals surface area contributed by atoms with E-state index in [2.05, 4.69) is 5.16 Å². The van der Waals surface area contributed by atoms with Crippen molar-refractivity contribution in [1.29, 1.82) is 5.26 Å². The molecule has 0 spiro atoms. The van der Waals surface area contributed by atoms with Gasteiger partial charge in [-0.3, -0.25) is 0 Å². The molecule has 15 heavy (non-hydrogen) atoms. The van der Waals surface area contributed by atoms with Gasteiger partial charge in [0.2, 0.25) is 0 Å². The fraction of sp³-hybridized carbons (Fsp3) is 0. The lowest BCUT2D eigenvalue weighted by atomic mass is 10.1. The minimum Gasteiger partial charge on any atom is -0.380 e. The van der Waals surface area contributed by atoms with E-state index < -0.39 is 0 Å². The van der Waals surface area contributed by atoms with E-state index in [4.69, 9.17) is 27.1 Å². The highest BCUT2D eigenvalue weighted by molar-refractivity contribution is 6.30. The average Bonchev–Trinajstić information content (AvgIpc) is 2.61. The largest absolute Gasteiger partial charge is 0.380 e. The summed E-state index contributed by atoms with van der Waals surface area (Å²) in [5.41, 5.74) is 6.44. The lowest BCUT2D eigenvalue weighted by molar-refractivity contribution is 0.435. The summed E-state index contributed by atoms with van der Waals surface area (Å²) in [6.07, 6.45) is 0. The first-order valence-corrected chi connectivity index (χ1v) is 4.51. The van der Waals surface area contributed by atoms with E-state index in [0.29, 0.717) is 10.8 Å². The molecule has 0 amide bonds. The number of nitrogen functional groups attached to an aromatic ring is 1. The second-order valence-electron chi connectivity index (χ2n) is 2.89. The Bertz CT molecular complexity index is 525. The number of halogens is 1. The molecule has 0 atom stereocenters. The highest BCUT2D eigenvalue weighted by atomic mass is 35.5. The molecule has 0 saturated heterocycles. The van der Waals surface area contributed by atoms with Crippen LogP contribution in [0.1, 0.15) is 5.56 Å². The maximum absolute atomic E-state index is 8.85. The van der Waals surface area contributed by atoms with Crippen LogP contribution in [0.2, 0.25) is 5.02 Å². The van der Waals surface area contributed by atoms with Crippen molar-refractivity contribution in [3.8, 4) is 17.4 Å². The molecule has 1 heterocycles. The van der Waals surface area contributed by atoms with Gasteiger partial charge in [-0.25, -0.2) is 0 Å². The highest BCUT2D eigenvalue weighted by Crippen LogP contribution is 2.27. The fourth-order valence-corrected chi connectivity index (χ4v) is 1.33. The molecule has 0 fully saturated rings. The van der Waals surface area contributed by atoms with Crippen LogP contribution in [-0.2, 0) is 0 Å². The monoisotopic (exact) mass is 219 g/mol. The van der Waals surface area contributed by atoms with Crippen LogP contribution in [-0.4, -0.2) is 5.16 Å². The van der Waals surface area contributed by atoms with Crippen LogP contribution in [0.3, 0.4) is 0 Å². The second kappa shape index (κ2) is 3.64. The number of anilines is 1. The topological polar surface area (TPSA) is 75.8 Å². The Labute approximate surface area is 90.9 Å². The number of nitriles is 1. The van der Waals surface area contributed by atoms with E-state index in [9.17, 15) is 0 Å². The van der Waals surface area contributed by atoms with E-state index in [1.807, 2.05) is 6.07 Å². The van der Waals surface area contributed by atoms with Gasteiger partial charge in [-0.05, 0) is 24.3 Å². The maximum Gasteiger partial charge on any atom is 0.186 e. The molecule has 74 valence electrons. The van der Waals surface area contributed by atoms with Crippen LogP contribution in [0.4, 0.5) is 5.82 Å². The van der Waals surface area contributed by atoms with Crippen molar-refractivity contribution in [1.82, 2.24) is 5.16 Å². The van der Waals surface area contributed by atoms with Crippen molar-refractivity contribution in [2.45, 2.75) is 0 Å². The first-order chi connectivity index (χ1) is 7.22. The molecule has 2 N–H and O–H groups in total. The van der Waals surface area contributed by atoms with Gasteiger partial charge in [-0.2, -0.15) is 5.26 Å². The molecule has 5 heteroatoms. The molecule has 0 bridgehead atoms. The van der Waals surface area contributed by atoms with Gasteiger partial charge in [0, 0.05) is 10.6 Å². The number of nitrogens with zero attached hydrogens (tertiary/aromatic N) is 2. The zero-order chi connectivity index (χ0) is 10.8. The molecule has 2 aromatic rings. The van der Waals surface area contributed by atoms with Crippen LogP contribution in [0, 0.1) is 11.3 Å². The molecule has 2 rings (SSSR count). The molecular formula is C10H6ClN3O. The number of rotatable bonds is 1. The van der Waals surface area contributed by atoms with E-state index in [-0.39, 0.29) is 11.4 Å². The summed E-state index contributed by atoms with van der Waals surface area (Å²) in [4.78, 5) is 0. The molecule has 4 nitrogen and oxygen atoms in total. The van der Waals surface area contributed by atoms with Gasteiger partial charge in [0.1, 0.15) is 11.6 Å². The summed E-state index contributed by atoms with van der Waals surface area (Å²) in [5.74, 6) is 0.467. The van der Waals surface area contributed by atoms with E-state index in [0.717, 1.165) is 5.56 Å². The predicted molar refractivity (Wildman–Crippen MR) is 56.1 cm³/mol. The minimum absolute atomic E-state index is 0.0995. The van der Waals surface area contributed by atoms with E-state index in [1.54, 1.807) is 24.3 Å². The van der Waals surface area contributed by atoms with Crippen molar-refractivity contribution in [2.24, 2.45) is 0 Å². The summed E-state index contributed by atoms with van der Waals surface area (Å²) in [6, 6.07) is 8.83. The zero-order valence-corrected chi connectivity index (χ0v) is 8.32. The first kappa shape index (κ1) is 9.56. The van der Waals surface area contributed by atoms with Crippen molar-refractivity contribution < 1.29 is 4.52 Å². The molecule has 0 aliphatic carbocycles. The van der Waals surface area contributed by atoms with Gasteiger partial charge in [0.25, 0.3) is 0 Å². The molecule has 1 aromatic heterocycles. The van der Waals surface area contributed by atoms with Gasteiger partial charge in [-0.1, -0.05) is 16.8 Å². The minimum atomic E-state index is 0.0995. The molecular weight excluding hydrogens is 214 g/mol. The third-order valence-corrected chi connectivity index (χ3v) is 2.19. The average molecular weight is 220 g/mol. The smallest absolute Gasteiger partial charge is 0.186 e. The number of benzene rings is 1. The summed E-state index contributed by atoms with van der Waals surface area (Å²) < 4.78 is 4.97. The van der Waals surface area contributed by atoms with Crippen molar-refractivity contribution in [2.75, 3.05) is 5.73 Å². The molecule has 1 aromatic carbocycles. The third kappa shape index (κ3) is 1.65. The third-order valence-electron chi connectivity index (χ3n) is 1.94. The van der Waals surface area contributed by atoms with E-state index >= 15 is 0 Å². The Balaban J connectivity index is 2.55. The Morgan fingerprint density at radius 1 is 1.33 bits per heavy atom. The van der Waals surface area contributed by atoms with Gasteiger partial charge in [0.05, 0.1) is 0 Å². The van der Waals surface area contributed by atoms with Crippen LogP contribution < -0.4 is 5.73 Å². The Morgan fingerprint density at radius 3 is 2.60 bits per heavy atom. The lowest BCUT2D eigenvalue weighted by Crippen LogP contribution is -1.87. The SMILES string of the molecule is N#Cc1c(N)noc1-c1ccc(Cl)cc1. The molecule has 0 aliphatic heterocycles. The maximum atomic E-state index is 8.85. The highest BCUT2D eigenvalue weighted by Gasteiger charge is 2.14. The lowest BCUT2D eigenvalue weighted by Gasteiger charge is -1.95. The van der Waals surface area contributed by atoms with Gasteiger partial charge in [-0.15, -0.1) is 0 Å². The number of aromatic nitrogens is 1. The van der Waals surface area contributed by atoms with E-state index in [1.165, 1.54) is 0 Å². The second-order valence-corrected chi connectivity index (χ2v) is 3.33. The summed E-state index contributed by atoms with van der Waals surface area (Å²) in [6.45, 7) is 0. The van der Waals surface area contributed by atoms with Crippen LogP contribution in [0.5, 0.6) is 0 Å². The van der Waals surface area contributed by atoms with Crippen molar-refractivity contribution in [3.63, 3.8) is 0 Å². The molecule has 0 radical (unpaired) electrons. The summed E-state index contributed by atoms with van der Waals surface area (Å²) in [7, 11) is 0. The number of nitrogens with two attached hydrogens (primary N) is 1. The van der Waals surface area contributed by atoms with Crippen LogP contribution >= 0.6 is 11.6 Å². The van der Waals surface area contributed by atoms with Crippen molar-refractivity contribution in [3.05, 3.63) is 34.9 Å². The summed E-state index contributed by atoms with van der Waals surface area (Å²) in [5, 5.41) is 13.0. The Kier molecular flexibility index (Phi) is 2.32. The predicted octanol–water partition coefficient (Wildman–Crippen LogP) is 2.45. The first-order valence-electron chi connectivity index (χ1n) is 4.13. The van der Waals surface area contributed by atoms with Crippen LogP contribution in [0.25, 0.3) is 11.3 Å². The molecule has 0 saturated carbocycles. The zero-order valence-electron chi connectivity index (χ0n) is 7.57. The standard InChI is InChI=1S/C10H6ClN3O/c11-7-3-1-6(2-4-7)9-8(5-12)10(13)14-15-9/h1-4H,(H2,13,14). The van der Waals surface area contributed by atoms with Crippen LogP contribution in [0.15, 0.2) is 28.8 Å². The molecule has 0 unspecified atom stereocenters. The Hall–Kier alpha value is -1.99.